The van der Waals surface area contributed by atoms with Crippen LogP contribution in [0.5, 0.6) is 0 Å². The van der Waals surface area contributed by atoms with Crippen molar-refractivity contribution in [1.82, 2.24) is 0 Å². The zero-order chi connectivity index (χ0) is 22.2. The Labute approximate surface area is 190 Å². The predicted octanol–water partition coefficient (Wildman–Crippen LogP) is 7.43. The largest absolute Gasteiger partial charge is 0.431 e. The maximum Gasteiger partial charge on any atom is 0.338 e. The summed E-state index contributed by atoms with van der Waals surface area (Å²) in [7, 11) is 0. The average molecular weight is 435 g/mol. The fourth-order valence-corrected chi connectivity index (χ4v) is 4.65. The van der Waals surface area contributed by atoms with Crippen molar-refractivity contribution in [3.05, 3.63) is 34.4 Å². The number of hydrogen-bond donors (Lipinski definition) is 0. The summed E-state index contributed by atoms with van der Waals surface area (Å²) in [5.74, 6) is 0.466. The van der Waals surface area contributed by atoms with Gasteiger partial charge in [0.1, 0.15) is 0 Å². The molecule has 1 saturated heterocycles. The van der Waals surface area contributed by atoms with Crippen LogP contribution in [0.3, 0.4) is 0 Å². The molecule has 0 spiro atoms. The lowest BCUT2D eigenvalue weighted by atomic mass is 9.86. The average Bonchev–Trinajstić information content (AvgIpc) is 2.79. The van der Waals surface area contributed by atoms with Gasteiger partial charge in [-0.1, -0.05) is 71.6 Å². The van der Waals surface area contributed by atoms with Crippen molar-refractivity contribution >= 4 is 0 Å². The Bertz CT molecular complexity index is 605. The molecule has 178 valence electrons. The lowest BCUT2D eigenvalue weighted by Gasteiger charge is -2.33. The molecule has 1 fully saturated rings. The van der Waals surface area contributed by atoms with E-state index < -0.39 is 0 Å². The number of aryl methyl sites for hydroxylation is 1. The number of rotatable bonds is 17. The normalized spacial score (nSPS) is 18.7. The van der Waals surface area contributed by atoms with Gasteiger partial charge in [-0.15, -0.1) is 0 Å². The van der Waals surface area contributed by atoms with E-state index in [-0.39, 0.29) is 18.0 Å². The Morgan fingerprint density at radius 1 is 0.968 bits per heavy atom. The fourth-order valence-electron chi connectivity index (χ4n) is 4.65. The Morgan fingerprint density at radius 2 is 1.71 bits per heavy atom. The summed E-state index contributed by atoms with van der Waals surface area (Å²) in [5, 5.41) is 0. The van der Waals surface area contributed by atoms with Crippen LogP contribution in [0.15, 0.2) is 27.6 Å². The fraction of sp³-hybridized carbons (Fsp3) is 0.815. The van der Waals surface area contributed by atoms with Gasteiger partial charge >= 0.3 is 5.63 Å². The molecule has 31 heavy (non-hydrogen) atoms. The molecule has 4 heteroatoms. The van der Waals surface area contributed by atoms with E-state index in [1.54, 1.807) is 0 Å². The molecule has 1 aliphatic rings. The summed E-state index contributed by atoms with van der Waals surface area (Å²) in [6, 6.07) is 3.73. The SMILES string of the molecule is CCCCCCCC(OC1CCCCO1)C(CCCCCC)CCc1cccoc1=O. The van der Waals surface area contributed by atoms with Crippen LogP contribution >= 0.6 is 0 Å². The molecule has 2 rings (SSSR count). The summed E-state index contributed by atoms with van der Waals surface area (Å²) < 4.78 is 17.6. The van der Waals surface area contributed by atoms with Gasteiger partial charge in [0.15, 0.2) is 6.29 Å². The van der Waals surface area contributed by atoms with Crippen LogP contribution in [0.25, 0.3) is 0 Å². The molecule has 0 radical (unpaired) electrons. The summed E-state index contributed by atoms with van der Waals surface area (Å²) >= 11 is 0. The van der Waals surface area contributed by atoms with Gasteiger partial charge in [-0.3, -0.25) is 0 Å². The van der Waals surface area contributed by atoms with Crippen LogP contribution in [0, 0.1) is 5.92 Å². The van der Waals surface area contributed by atoms with Gasteiger partial charge < -0.3 is 13.9 Å². The maximum atomic E-state index is 12.1. The van der Waals surface area contributed by atoms with Gasteiger partial charge in [-0.05, 0) is 63.0 Å². The molecule has 0 amide bonds. The highest BCUT2D eigenvalue weighted by molar-refractivity contribution is 5.07. The second kappa shape index (κ2) is 16.5. The summed E-state index contributed by atoms with van der Waals surface area (Å²) in [6.45, 7) is 5.34. The smallest absolute Gasteiger partial charge is 0.338 e. The monoisotopic (exact) mass is 434 g/mol. The van der Waals surface area contributed by atoms with E-state index in [9.17, 15) is 4.79 Å². The lowest BCUT2D eigenvalue weighted by molar-refractivity contribution is -0.201. The number of hydrogen-bond acceptors (Lipinski definition) is 4. The first-order chi connectivity index (χ1) is 15.2. The van der Waals surface area contributed by atoms with E-state index >= 15 is 0 Å². The molecule has 2 heterocycles. The molecule has 1 aromatic rings. The quantitative estimate of drug-likeness (QED) is 0.239. The highest BCUT2D eigenvalue weighted by Gasteiger charge is 2.26. The van der Waals surface area contributed by atoms with E-state index in [1.807, 2.05) is 12.1 Å². The molecular weight excluding hydrogens is 388 g/mol. The van der Waals surface area contributed by atoms with Crippen molar-refractivity contribution in [2.75, 3.05) is 6.61 Å². The second-order valence-corrected chi connectivity index (χ2v) is 9.25. The molecule has 1 aromatic heterocycles. The minimum atomic E-state index is -0.195. The summed E-state index contributed by atoms with van der Waals surface area (Å²) in [6.07, 6.45) is 20.5. The van der Waals surface area contributed by atoms with Gasteiger partial charge in [0.25, 0.3) is 0 Å². The molecule has 0 saturated carbocycles. The van der Waals surface area contributed by atoms with Crippen LogP contribution in [-0.2, 0) is 15.9 Å². The Kier molecular flexibility index (Phi) is 13.9. The molecule has 0 aliphatic carbocycles. The third-order valence-corrected chi connectivity index (χ3v) is 6.61. The third kappa shape index (κ3) is 10.8. The minimum absolute atomic E-state index is 0.0469. The molecule has 4 nitrogen and oxygen atoms in total. The van der Waals surface area contributed by atoms with E-state index in [4.69, 9.17) is 13.9 Å². The second-order valence-electron chi connectivity index (χ2n) is 9.25. The lowest BCUT2D eigenvalue weighted by Crippen LogP contribution is -2.33. The van der Waals surface area contributed by atoms with Gasteiger partial charge in [0, 0.05) is 12.2 Å². The first-order valence-corrected chi connectivity index (χ1v) is 13.1. The molecule has 1 aliphatic heterocycles. The van der Waals surface area contributed by atoms with Crippen LogP contribution in [0.2, 0.25) is 0 Å². The molecule has 3 atom stereocenters. The highest BCUT2D eigenvalue weighted by Crippen LogP contribution is 2.29. The zero-order valence-electron chi connectivity index (χ0n) is 20.1. The molecule has 0 N–H and O–H groups in total. The molecule has 0 bridgehead atoms. The maximum absolute atomic E-state index is 12.1. The van der Waals surface area contributed by atoms with Crippen LogP contribution in [-0.4, -0.2) is 19.0 Å². The molecule has 3 unspecified atom stereocenters. The Hall–Kier alpha value is -1.13. The highest BCUT2D eigenvalue weighted by atomic mass is 16.7. The third-order valence-electron chi connectivity index (χ3n) is 6.61. The Balaban J connectivity index is 2.01. The van der Waals surface area contributed by atoms with Crippen molar-refractivity contribution in [3.63, 3.8) is 0 Å². The number of ether oxygens (including phenoxy) is 2. The topological polar surface area (TPSA) is 48.7 Å². The van der Waals surface area contributed by atoms with Crippen molar-refractivity contribution in [2.45, 2.75) is 129 Å². The first-order valence-electron chi connectivity index (χ1n) is 13.1. The van der Waals surface area contributed by atoms with Crippen molar-refractivity contribution in [3.8, 4) is 0 Å². The van der Waals surface area contributed by atoms with E-state index in [1.165, 1.54) is 76.9 Å². The van der Waals surface area contributed by atoms with Crippen LogP contribution < -0.4 is 5.63 Å². The van der Waals surface area contributed by atoms with Crippen molar-refractivity contribution in [2.24, 2.45) is 5.92 Å². The van der Waals surface area contributed by atoms with Crippen LogP contribution in [0.4, 0.5) is 0 Å². The zero-order valence-corrected chi connectivity index (χ0v) is 20.1. The van der Waals surface area contributed by atoms with Crippen LogP contribution in [0.1, 0.15) is 116 Å². The standard InChI is InChI=1S/C27H46O4/c1-3-5-7-9-11-17-25(31-26-18-12-13-21-29-26)23(15-10-8-6-4-2)19-20-24-16-14-22-30-27(24)28/h14,16,22-23,25-26H,3-13,15,17-21H2,1-2H3. The molecule has 0 aromatic carbocycles. The van der Waals surface area contributed by atoms with Gasteiger partial charge in [0.2, 0.25) is 0 Å². The predicted molar refractivity (Wildman–Crippen MR) is 127 cm³/mol. The Morgan fingerprint density at radius 3 is 2.42 bits per heavy atom. The van der Waals surface area contributed by atoms with E-state index in [0.717, 1.165) is 44.3 Å². The molecular formula is C27H46O4. The summed E-state index contributed by atoms with van der Waals surface area (Å²) in [4.78, 5) is 12.1. The van der Waals surface area contributed by atoms with Crippen molar-refractivity contribution in [1.29, 1.82) is 0 Å². The van der Waals surface area contributed by atoms with Gasteiger partial charge in [-0.2, -0.15) is 0 Å². The van der Waals surface area contributed by atoms with Gasteiger partial charge in [-0.25, -0.2) is 4.79 Å². The van der Waals surface area contributed by atoms with E-state index in [0.29, 0.717) is 5.92 Å². The summed E-state index contributed by atoms with van der Waals surface area (Å²) in [5.41, 5.74) is 0.594. The van der Waals surface area contributed by atoms with Crippen molar-refractivity contribution < 1.29 is 13.9 Å². The first kappa shape index (κ1) is 26.1. The number of unbranched alkanes of at least 4 members (excludes halogenated alkanes) is 7. The van der Waals surface area contributed by atoms with E-state index in [2.05, 4.69) is 13.8 Å². The van der Waals surface area contributed by atoms with Gasteiger partial charge in [0.05, 0.1) is 12.4 Å². The minimum Gasteiger partial charge on any atom is -0.431 e.